The number of amides is 1. The maximum absolute atomic E-state index is 12.4. The molecule has 0 aliphatic carbocycles. The van der Waals surface area contributed by atoms with E-state index >= 15 is 0 Å². The van der Waals surface area contributed by atoms with Gasteiger partial charge in [0, 0.05) is 20.2 Å². The van der Waals surface area contributed by atoms with Crippen molar-refractivity contribution in [3.63, 3.8) is 0 Å². The van der Waals surface area contributed by atoms with Crippen LogP contribution in [0.2, 0.25) is 0 Å². The van der Waals surface area contributed by atoms with Gasteiger partial charge in [-0.25, -0.2) is 4.79 Å². The number of rotatable bonds is 6. The van der Waals surface area contributed by atoms with Crippen molar-refractivity contribution in [1.82, 2.24) is 10.2 Å². The van der Waals surface area contributed by atoms with Crippen LogP contribution in [0.1, 0.15) is 27.2 Å². The van der Waals surface area contributed by atoms with Crippen molar-refractivity contribution in [3.05, 3.63) is 0 Å². The third-order valence-corrected chi connectivity index (χ3v) is 3.26. The average molecular weight is 332 g/mol. The number of morpholine rings is 1. The van der Waals surface area contributed by atoms with E-state index in [0.29, 0.717) is 26.3 Å². The van der Waals surface area contributed by atoms with Crippen molar-refractivity contribution < 1.29 is 28.5 Å². The van der Waals surface area contributed by atoms with E-state index in [1.807, 2.05) is 20.8 Å². The number of carbonyl (C=O) groups is 2. The van der Waals surface area contributed by atoms with Crippen molar-refractivity contribution in [3.8, 4) is 0 Å². The molecule has 0 saturated carbocycles. The van der Waals surface area contributed by atoms with Gasteiger partial charge in [0.2, 0.25) is 0 Å². The van der Waals surface area contributed by atoms with Crippen LogP contribution >= 0.6 is 0 Å². The van der Waals surface area contributed by atoms with Gasteiger partial charge in [0.15, 0.2) is 6.23 Å². The van der Waals surface area contributed by atoms with Crippen molar-refractivity contribution in [2.75, 3.05) is 40.5 Å². The lowest BCUT2D eigenvalue weighted by atomic mass is 10.2. The van der Waals surface area contributed by atoms with Crippen LogP contribution in [-0.4, -0.2) is 75.4 Å². The summed E-state index contributed by atoms with van der Waals surface area (Å²) in [5.41, 5.74) is -0.587. The van der Waals surface area contributed by atoms with Gasteiger partial charge in [0.25, 0.3) is 0 Å². The Morgan fingerprint density at radius 2 is 1.96 bits per heavy atom. The van der Waals surface area contributed by atoms with E-state index in [2.05, 4.69) is 10.1 Å². The molecule has 1 saturated heterocycles. The van der Waals surface area contributed by atoms with Gasteiger partial charge in [0.05, 0.1) is 32.8 Å². The van der Waals surface area contributed by atoms with E-state index < -0.39 is 17.9 Å². The summed E-state index contributed by atoms with van der Waals surface area (Å²) >= 11 is 0. The number of methoxy groups -OCH3 is 2. The second-order valence-electron chi connectivity index (χ2n) is 6.30. The monoisotopic (exact) mass is 332 g/mol. The Labute approximate surface area is 137 Å². The second kappa shape index (κ2) is 9.05. The summed E-state index contributed by atoms with van der Waals surface area (Å²) in [7, 11) is 2.88. The molecule has 1 fully saturated rings. The molecule has 8 nitrogen and oxygen atoms in total. The molecule has 2 atom stereocenters. The summed E-state index contributed by atoms with van der Waals surface area (Å²) in [4.78, 5) is 25.1. The fourth-order valence-corrected chi connectivity index (χ4v) is 2.18. The summed E-state index contributed by atoms with van der Waals surface area (Å²) in [5.74, 6) is -0.281. The van der Waals surface area contributed by atoms with Gasteiger partial charge in [-0.1, -0.05) is 0 Å². The Morgan fingerprint density at radius 1 is 1.26 bits per heavy atom. The molecule has 1 N–H and O–H groups in total. The molecule has 8 heteroatoms. The average Bonchev–Trinajstić information content (AvgIpc) is 2.48. The number of carbonyl (C=O) groups excluding carboxylic acids is 2. The molecule has 1 rings (SSSR count). The van der Waals surface area contributed by atoms with Crippen molar-refractivity contribution in [1.29, 1.82) is 0 Å². The molecule has 0 spiro atoms. The lowest BCUT2D eigenvalue weighted by Crippen LogP contribution is -2.59. The van der Waals surface area contributed by atoms with Gasteiger partial charge >= 0.3 is 12.1 Å². The summed E-state index contributed by atoms with van der Waals surface area (Å²) < 4.78 is 20.9. The van der Waals surface area contributed by atoms with Gasteiger partial charge in [-0.2, -0.15) is 0 Å². The number of hydrogen-bond acceptors (Lipinski definition) is 7. The molecule has 0 aromatic heterocycles. The van der Waals surface area contributed by atoms with Crippen LogP contribution in [0.25, 0.3) is 0 Å². The normalized spacial score (nSPS) is 21.9. The first-order chi connectivity index (χ1) is 10.8. The minimum absolute atomic E-state index is 0.235. The van der Waals surface area contributed by atoms with Crippen LogP contribution < -0.4 is 5.32 Å². The third kappa shape index (κ3) is 6.72. The maximum Gasteiger partial charge on any atom is 0.412 e. The number of nitrogens with one attached hydrogen (secondary N) is 1. The molecule has 1 amide bonds. The SMILES string of the molecule is COC(=O)CCNC[C@@H]1COC[C@H](OC)N1C(=O)OC(C)(C)C. The zero-order valence-corrected chi connectivity index (χ0v) is 14.6. The molecule has 23 heavy (non-hydrogen) atoms. The molecule has 1 aliphatic rings. The van der Waals surface area contributed by atoms with Gasteiger partial charge in [-0.15, -0.1) is 0 Å². The molecule has 1 heterocycles. The summed E-state index contributed by atoms with van der Waals surface area (Å²) in [6, 6.07) is -0.235. The lowest BCUT2D eigenvalue weighted by molar-refractivity contribution is -0.144. The molecule has 0 aromatic rings. The molecule has 1 aliphatic heterocycles. The van der Waals surface area contributed by atoms with Crippen LogP contribution in [0.4, 0.5) is 4.79 Å². The Hall–Kier alpha value is -1.38. The summed E-state index contributed by atoms with van der Waals surface area (Å²) in [5, 5.41) is 3.13. The fraction of sp³-hybridized carbons (Fsp3) is 0.867. The van der Waals surface area contributed by atoms with Crippen molar-refractivity contribution in [2.45, 2.75) is 45.1 Å². The van der Waals surface area contributed by atoms with Crippen LogP contribution in [0.15, 0.2) is 0 Å². The van der Waals surface area contributed by atoms with E-state index in [4.69, 9.17) is 14.2 Å². The lowest BCUT2D eigenvalue weighted by Gasteiger charge is -2.41. The van der Waals surface area contributed by atoms with Gasteiger partial charge < -0.3 is 24.3 Å². The van der Waals surface area contributed by atoms with E-state index in [9.17, 15) is 9.59 Å². The fourth-order valence-electron chi connectivity index (χ4n) is 2.18. The Morgan fingerprint density at radius 3 is 2.52 bits per heavy atom. The van der Waals surface area contributed by atoms with E-state index in [-0.39, 0.29) is 18.4 Å². The quantitative estimate of drug-likeness (QED) is 0.567. The first-order valence-electron chi connectivity index (χ1n) is 7.68. The standard InChI is InChI=1S/C15H28N2O6/c1-15(2,3)23-14(19)17-11(9-22-10-12(17)20-4)8-16-7-6-13(18)21-5/h11-12,16H,6-10H2,1-5H3/t11-,12+/m1/s1. The Kier molecular flexibility index (Phi) is 7.74. The molecular formula is C15H28N2O6. The molecule has 0 aromatic carbocycles. The third-order valence-electron chi connectivity index (χ3n) is 3.26. The second-order valence-corrected chi connectivity index (χ2v) is 6.30. The summed E-state index contributed by atoms with van der Waals surface area (Å²) in [6.45, 7) is 7.06. The Bertz CT molecular complexity index is 396. The van der Waals surface area contributed by atoms with Crippen LogP contribution in [0, 0.1) is 0 Å². The topological polar surface area (TPSA) is 86.3 Å². The largest absolute Gasteiger partial charge is 0.469 e. The predicted molar refractivity (Wildman–Crippen MR) is 83.0 cm³/mol. The molecule has 0 bridgehead atoms. The van der Waals surface area contributed by atoms with Crippen molar-refractivity contribution in [2.24, 2.45) is 0 Å². The maximum atomic E-state index is 12.4. The first kappa shape index (κ1) is 19.7. The number of ether oxygens (including phenoxy) is 4. The number of nitrogens with zero attached hydrogens (tertiary/aromatic N) is 1. The number of esters is 1. The predicted octanol–water partition coefficient (Wildman–Crippen LogP) is 0.748. The zero-order chi connectivity index (χ0) is 17.5. The first-order valence-corrected chi connectivity index (χ1v) is 7.68. The van der Waals surface area contributed by atoms with E-state index in [1.165, 1.54) is 14.2 Å². The Balaban J connectivity index is 2.62. The minimum Gasteiger partial charge on any atom is -0.469 e. The van der Waals surface area contributed by atoms with Gasteiger partial charge in [-0.3, -0.25) is 9.69 Å². The highest BCUT2D eigenvalue weighted by molar-refractivity contribution is 5.69. The van der Waals surface area contributed by atoms with E-state index in [1.54, 1.807) is 4.90 Å². The highest BCUT2D eigenvalue weighted by atomic mass is 16.6. The summed E-state index contributed by atoms with van der Waals surface area (Å²) in [6.07, 6.45) is -0.664. The highest BCUT2D eigenvalue weighted by Gasteiger charge is 2.37. The van der Waals surface area contributed by atoms with Crippen molar-refractivity contribution >= 4 is 12.1 Å². The van der Waals surface area contributed by atoms with Crippen LogP contribution in [-0.2, 0) is 23.7 Å². The van der Waals surface area contributed by atoms with Gasteiger partial charge in [0.1, 0.15) is 5.60 Å². The highest BCUT2D eigenvalue weighted by Crippen LogP contribution is 2.19. The smallest absolute Gasteiger partial charge is 0.412 e. The molecular weight excluding hydrogens is 304 g/mol. The number of hydrogen-bond donors (Lipinski definition) is 1. The van der Waals surface area contributed by atoms with E-state index in [0.717, 1.165) is 0 Å². The molecule has 0 radical (unpaired) electrons. The van der Waals surface area contributed by atoms with Gasteiger partial charge in [-0.05, 0) is 20.8 Å². The van der Waals surface area contributed by atoms with Crippen LogP contribution in [0.3, 0.4) is 0 Å². The zero-order valence-electron chi connectivity index (χ0n) is 14.6. The molecule has 134 valence electrons. The molecule has 0 unspecified atom stereocenters. The van der Waals surface area contributed by atoms with Crippen LogP contribution in [0.5, 0.6) is 0 Å². The minimum atomic E-state index is -0.587.